The number of aromatic nitrogens is 1. The van der Waals surface area contributed by atoms with Crippen LogP contribution in [0.25, 0.3) is 0 Å². The van der Waals surface area contributed by atoms with Gasteiger partial charge >= 0.3 is 0 Å². The Hall–Kier alpha value is -3.65. The molecule has 5 heteroatoms. The van der Waals surface area contributed by atoms with Crippen LogP contribution in [0.15, 0.2) is 60.8 Å². The Morgan fingerprint density at radius 3 is 2.46 bits per heavy atom. The third kappa shape index (κ3) is 3.87. The third-order valence-electron chi connectivity index (χ3n) is 3.99. The number of nitrogens with one attached hydrogen (secondary N) is 2. The number of pyridine rings is 1. The van der Waals surface area contributed by atoms with Crippen LogP contribution in [-0.4, -0.2) is 10.9 Å². The fraction of sp³-hybridized carbons (Fsp3) is 0.0952. The number of carbonyl (C=O) groups is 1. The van der Waals surface area contributed by atoms with E-state index in [9.17, 15) is 4.79 Å². The van der Waals surface area contributed by atoms with Gasteiger partial charge in [-0.1, -0.05) is 24.3 Å². The standard InChI is InChI=1S/C21H18N4O/c1-14-5-3-6-15(2)20(14)24-18-9-10-23-19(12-18)21(26)25-17-8-4-7-16(11-17)13-22/h3-12H,1-2H3,(H,23,24)(H,25,26). The number of carbonyl (C=O) groups excluding carboxylic acids is 1. The quantitative estimate of drug-likeness (QED) is 0.728. The summed E-state index contributed by atoms with van der Waals surface area (Å²) in [6.45, 7) is 4.07. The summed E-state index contributed by atoms with van der Waals surface area (Å²) >= 11 is 0. The van der Waals surface area contributed by atoms with Crippen LogP contribution >= 0.6 is 0 Å². The highest BCUT2D eigenvalue weighted by Crippen LogP contribution is 2.24. The van der Waals surface area contributed by atoms with Gasteiger partial charge < -0.3 is 10.6 Å². The molecular formula is C21H18N4O. The van der Waals surface area contributed by atoms with Gasteiger partial charge in [0.1, 0.15) is 5.69 Å². The van der Waals surface area contributed by atoms with Crippen molar-refractivity contribution >= 4 is 23.0 Å². The normalized spacial score (nSPS) is 10.0. The van der Waals surface area contributed by atoms with E-state index >= 15 is 0 Å². The molecule has 26 heavy (non-hydrogen) atoms. The SMILES string of the molecule is Cc1cccc(C)c1Nc1ccnc(C(=O)Nc2cccc(C#N)c2)c1. The maximum absolute atomic E-state index is 12.5. The first-order valence-electron chi connectivity index (χ1n) is 8.17. The van der Waals surface area contributed by atoms with Gasteiger partial charge in [-0.05, 0) is 55.3 Å². The Balaban J connectivity index is 1.80. The van der Waals surface area contributed by atoms with Crippen LogP contribution in [0.5, 0.6) is 0 Å². The van der Waals surface area contributed by atoms with Crippen molar-refractivity contribution in [1.82, 2.24) is 4.98 Å². The van der Waals surface area contributed by atoms with Crippen molar-refractivity contribution in [2.24, 2.45) is 0 Å². The summed E-state index contributed by atoms with van der Waals surface area (Å²) in [5.74, 6) is -0.328. The van der Waals surface area contributed by atoms with Crippen molar-refractivity contribution in [3.63, 3.8) is 0 Å². The van der Waals surface area contributed by atoms with Gasteiger partial charge in [0.05, 0.1) is 11.6 Å². The van der Waals surface area contributed by atoms with Gasteiger partial charge in [-0.25, -0.2) is 0 Å². The Bertz CT molecular complexity index is 985. The first kappa shape index (κ1) is 17.2. The molecule has 0 unspecified atom stereocenters. The summed E-state index contributed by atoms with van der Waals surface area (Å²) in [5, 5.41) is 15.1. The lowest BCUT2D eigenvalue weighted by atomic mass is 10.1. The molecule has 0 spiro atoms. The molecule has 1 heterocycles. The molecule has 1 amide bonds. The topological polar surface area (TPSA) is 77.8 Å². The lowest BCUT2D eigenvalue weighted by Gasteiger charge is -2.13. The monoisotopic (exact) mass is 342 g/mol. The highest BCUT2D eigenvalue weighted by atomic mass is 16.1. The molecule has 3 aromatic rings. The molecule has 3 rings (SSSR count). The van der Waals surface area contributed by atoms with Gasteiger partial charge in [0.15, 0.2) is 0 Å². The second-order valence-corrected chi connectivity index (χ2v) is 5.97. The molecule has 0 saturated heterocycles. The Labute approximate surface area is 152 Å². The predicted molar refractivity (Wildman–Crippen MR) is 103 cm³/mol. The van der Waals surface area contributed by atoms with Crippen LogP contribution in [-0.2, 0) is 0 Å². The van der Waals surface area contributed by atoms with E-state index in [1.165, 1.54) is 0 Å². The first-order valence-corrected chi connectivity index (χ1v) is 8.17. The minimum absolute atomic E-state index is 0.295. The Morgan fingerprint density at radius 2 is 1.73 bits per heavy atom. The molecule has 1 aromatic heterocycles. The highest BCUT2D eigenvalue weighted by Gasteiger charge is 2.10. The van der Waals surface area contributed by atoms with Crippen molar-refractivity contribution in [3.05, 3.63) is 83.2 Å². The zero-order chi connectivity index (χ0) is 18.5. The second kappa shape index (κ2) is 7.49. The van der Waals surface area contributed by atoms with Crippen LogP contribution in [0.1, 0.15) is 27.2 Å². The summed E-state index contributed by atoms with van der Waals surface area (Å²) in [6.07, 6.45) is 1.59. The molecule has 2 aromatic carbocycles. The fourth-order valence-corrected chi connectivity index (χ4v) is 2.65. The summed E-state index contributed by atoms with van der Waals surface area (Å²) in [5.41, 5.74) is 5.40. The van der Waals surface area contributed by atoms with Gasteiger partial charge in [-0.2, -0.15) is 5.26 Å². The molecule has 0 aliphatic carbocycles. The number of nitrogens with zero attached hydrogens (tertiary/aromatic N) is 2. The molecule has 0 aliphatic rings. The van der Waals surface area contributed by atoms with Crippen LogP contribution in [0.2, 0.25) is 0 Å². The number of para-hydroxylation sites is 1. The van der Waals surface area contributed by atoms with E-state index in [2.05, 4.69) is 21.7 Å². The molecule has 5 nitrogen and oxygen atoms in total. The van der Waals surface area contributed by atoms with Crippen LogP contribution in [0, 0.1) is 25.2 Å². The summed E-state index contributed by atoms with van der Waals surface area (Å²) < 4.78 is 0. The Kier molecular flexibility index (Phi) is 4.95. The van der Waals surface area contributed by atoms with E-state index in [1.807, 2.05) is 38.1 Å². The van der Waals surface area contributed by atoms with E-state index in [1.54, 1.807) is 36.5 Å². The largest absolute Gasteiger partial charge is 0.355 e. The molecule has 0 fully saturated rings. The van der Waals surface area contributed by atoms with Crippen molar-refractivity contribution < 1.29 is 4.79 Å². The van der Waals surface area contributed by atoms with E-state index in [0.717, 1.165) is 22.5 Å². The van der Waals surface area contributed by atoms with E-state index in [-0.39, 0.29) is 5.91 Å². The van der Waals surface area contributed by atoms with Gasteiger partial charge in [0.2, 0.25) is 0 Å². The van der Waals surface area contributed by atoms with E-state index < -0.39 is 0 Å². The van der Waals surface area contributed by atoms with Crippen molar-refractivity contribution in [3.8, 4) is 6.07 Å². The maximum Gasteiger partial charge on any atom is 0.274 e. The molecule has 128 valence electrons. The van der Waals surface area contributed by atoms with Gasteiger partial charge in [0.25, 0.3) is 5.91 Å². The number of aryl methyl sites for hydroxylation is 2. The predicted octanol–water partition coefficient (Wildman–Crippen LogP) is 4.57. The highest BCUT2D eigenvalue weighted by molar-refractivity contribution is 6.03. The smallest absolute Gasteiger partial charge is 0.274 e. The lowest BCUT2D eigenvalue weighted by Crippen LogP contribution is -2.14. The van der Waals surface area contributed by atoms with Gasteiger partial charge in [-0.3, -0.25) is 9.78 Å². The number of anilines is 3. The molecule has 0 aliphatic heterocycles. The maximum atomic E-state index is 12.5. The van der Waals surface area contributed by atoms with E-state index in [4.69, 9.17) is 5.26 Å². The first-order chi connectivity index (χ1) is 12.6. The van der Waals surface area contributed by atoms with E-state index in [0.29, 0.717) is 16.9 Å². The lowest BCUT2D eigenvalue weighted by molar-refractivity contribution is 0.102. The molecule has 2 N–H and O–H groups in total. The second-order valence-electron chi connectivity index (χ2n) is 5.97. The van der Waals surface area contributed by atoms with Crippen molar-refractivity contribution in [2.75, 3.05) is 10.6 Å². The van der Waals surface area contributed by atoms with Crippen LogP contribution < -0.4 is 10.6 Å². The number of hydrogen-bond acceptors (Lipinski definition) is 4. The van der Waals surface area contributed by atoms with Crippen molar-refractivity contribution in [2.45, 2.75) is 13.8 Å². The summed E-state index contributed by atoms with van der Waals surface area (Å²) in [4.78, 5) is 16.6. The molecule has 0 atom stereocenters. The number of rotatable bonds is 4. The van der Waals surface area contributed by atoms with Crippen molar-refractivity contribution in [1.29, 1.82) is 5.26 Å². The third-order valence-corrected chi connectivity index (χ3v) is 3.99. The number of hydrogen-bond donors (Lipinski definition) is 2. The average Bonchev–Trinajstić information content (AvgIpc) is 2.65. The minimum atomic E-state index is -0.328. The molecule has 0 radical (unpaired) electrons. The molecule has 0 saturated carbocycles. The van der Waals surface area contributed by atoms with Crippen LogP contribution in [0.4, 0.5) is 17.1 Å². The zero-order valence-electron chi connectivity index (χ0n) is 14.6. The zero-order valence-corrected chi connectivity index (χ0v) is 14.6. The molecule has 0 bridgehead atoms. The summed E-state index contributed by atoms with van der Waals surface area (Å²) in [7, 11) is 0. The number of amides is 1. The molecular weight excluding hydrogens is 324 g/mol. The fourth-order valence-electron chi connectivity index (χ4n) is 2.65. The average molecular weight is 342 g/mol. The Morgan fingerprint density at radius 1 is 1.00 bits per heavy atom. The number of benzene rings is 2. The summed E-state index contributed by atoms with van der Waals surface area (Å²) in [6, 6.07) is 18.4. The van der Waals surface area contributed by atoms with Gasteiger partial charge in [0, 0.05) is 23.3 Å². The van der Waals surface area contributed by atoms with Crippen LogP contribution in [0.3, 0.4) is 0 Å². The van der Waals surface area contributed by atoms with Gasteiger partial charge in [-0.15, -0.1) is 0 Å². The minimum Gasteiger partial charge on any atom is -0.355 e. The number of nitriles is 1.